The van der Waals surface area contributed by atoms with Gasteiger partial charge in [0.1, 0.15) is 0 Å². The van der Waals surface area contributed by atoms with Gasteiger partial charge in [0.2, 0.25) is 0 Å². The molecule has 2 aromatic rings. The smallest absolute Gasteiger partial charge is 0.250 e. The average Bonchev–Trinajstić information content (AvgIpc) is 2.41. The van der Waals surface area contributed by atoms with Crippen LogP contribution in [0.25, 0.3) is 0 Å². The van der Waals surface area contributed by atoms with Crippen LogP contribution in [0.3, 0.4) is 0 Å². The largest absolute Gasteiger partial charge is 0.398 e. The van der Waals surface area contributed by atoms with E-state index in [0.717, 1.165) is 17.1 Å². The van der Waals surface area contributed by atoms with Crippen LogP contribution < -0.4 is 21.7 Å². The molecule has 20 heavy (non-hydrogen) atoms. The van der Waals surface area contributed by atoms with Crippen molar-refractivity contribution in [3.8, 4) is 0 Å². The molecular weight excluding hydrogens is 252 g/mol. The first-order chi connectivity index (χ1) is 9.49. The first-order valence-electron chi connectivity index (χ1n) is 6.21. The van der Waals surface area contributed by atoms with Crippen LogP contribution in [0.15, 0.2) is 42.5 Å². The van der Waals surface area contributed by atoms with E-state index in [1.54, 1.807) is 12.1 Å². The standard InChI is InChI=1S/C15H18N4O/c1-19(2)14-6-4-3-5-13(14)18-10-7-8-12(16)11(9-10)15(17)20/h3-9,18H,16H2,1-2H3,(H2,17,20). The Morgan fingerprint density at radius 3 is 2.50 bits per heavy atom. The number of primary amides is 1. The zero-order valence-electron chi connectivity index (χ0n) is 11.6. The summed E-state index contributed by atoms with van der Waals surface area (Å²) in [5, 5.41) is 3.27. The number of nitrogens with one attached hydrogen (secondary N) is 1. The lowest BCUT2D eigenvalue weighted by Gasteiger charge is -2.18. The summed E-state index contributed by atoms with van der Waals surface area (Å²) in [6.45, 7) is 0. The van der Waals surface area contributed by atoms with E-state index in [-0.39, 0.29) is 0 Å². The number of para-hydroxylation sites is 2. The Hall–Kier alpha value is -2.69. The Balaban J connectivity index is 2.36. The van der Waals surface area contributed by atoms with E-state index in [0.29, 0.717) is 11.3 Å². The summed E-state index contributed by atoms with van der Waals surface area (Å²) in [6.07, 6.45) is 0. The lowest BCUT2D eigenvalue weighted by Crippen LogP contribution is -2.14. The number of carbonyl (C=O) groups excluding carboxylic acids is 1. The molecule has 0 spiro atoms. The van der Waals surface area contributed by atoms with Crippen molar-refractivity contribution in [2.24, 2.45) is 5.73 Å². The lowest BCUT2D eigenvalue weighted by atomic mass is 10.1. The van der Waals surface area contributed by atoms with Crippen LogP contribution in [0.2, 0.25) is 0 Å². The van der Waals surface area contributed by atoms with E-state index < -0.39 is 5.91 Å². The summed E-state index contributed by atoms with van der Waals surface area (Å²) in [5.41, 5.74) is 14.5. The summed E-state index contributed by atoms with van der Waals surface area (Å²) in [7, 11) is 3.94. The van der Waals surface area contributed by atoms with Crippen LogP contribution in [0, 0.1) is 0 Å². The molecule has 5 N–H and O–H groups in total. The van der Waals surface area contributed by atoms with Gasteiger partial charge in [0, 0.05) is 25.5 Å². The molecule has 5 nitrogen and oxygen atoms in total. The Bertz CT molecular complexity index is 638. The maximum Gasteiger partial charge on any atom is 0.250 e. The summed E-state index contributed by atoms with van der Waals surface area (Å²) in [5.74, 6) is -0.535. The predicted octanol–water partition coefficient (Wildman–Crippen LogP) is 2.18. The third-order valence-electron chi connectivity index (χ3n) is 2.98. The molecule has 1 amide bonds. The molecule has 0 saturated carbocycles. The third-order valence-corrected chi connectivity index (χ3v) is 2.98. The second-order valence-corrected chi connectivity index (χ2v) is 4.70. The zero-order chi connectivity index (χ0) is 14.7. The van der Waals surface area contributed by atoms with Crippen molar-refractivity contribution in [3.63, 3.8) is 0 Å². The number of nitrogens with two attached hydrogens (primary N) is 2. The van der Waals surface area contributed by atoms with E-state index in [9.17, 15) is 4.79 Å². The minimum absolute atomic E-state index is 0.317. The minimum Gasteiger partial charge on any atom is -0.398 e. The first-order valence-corrected chi connectivity index (χ1v) is 6.21. The Labute approximate surface area is 118 Å². The van der Waals surface area contributed by atoms with Crippen molar-refractivity contribution >= 4 is 28.7 Å². The fourth-order valence-corrected chi connectivity index (χ4v) is 1.97. The predicted molar refractivity (Wildman–Crippen MR) is 83.4 cm³/mol. The summed E-state index contributed by atoms with van der Waals surface area (Å²) in [4.78, 5) is 13.3. The zero-order valence-corrected chi connectivity index (χ0v) is 11.6. The third kappa shape index (κ3) is 2.83. The van der Waals surface area contributed by atoms with Gasteiger partial charge in [0.25, 0.3) is 5.91 Å². The van der Waals surface area contributed by atoms with Crippen molar-refractivity contribution in [2.45, 2.75) is 0 Å². The van der Waals surface area contributed by atoms with Gasteiger partial charge in [-0.25, -0.2) is 0 Å². The molecule has 0 bridgehead atoms. The minimum atomic E-state index is -0.535. The molecule has 5 heteroatoms. The van der Waals surface area contributed by atoms with Gasteiger partial charge in [0.05, 0.1) is 16.9 Å². The highest BCUT2D eigenvalue weighted by atomic mass is 16.1. The fraction of sp³-hybridized carbons (Fsp3) is 0.133. The van der Waals surface area contributed by atoms with Crippen molar-refractivity contribution in [1.82, 2.24) is 0 Å². The van der Waals surface area contributed by atoms with Gasteiger partial charge >= 0.3 is 0 Å². The number of anilines is 4. The molecule has 0 heterocycles. The number of nitrogen functional groups attached to an aromatic ring is 1. The normalized spacial score (nSPS) is 10.1. The monoisotopic (exact) mass is 270 g/mol. The number of hydrogen-bond acceptors (Lipinski definition) is 4. The van der Waals surface area contributed by atoms with Crippen LogP contribution >= 0.6 is 0 Å². The Morgan fingerprint density at radius 1 is 1.15 bits per heavy atom. The molecule has 0 aliphatic carbocycles. The van der Waals surface area contributed by atoms with Crippen molar-refractivity contribution in [1.29, 1.82) is 0 Å². The SMILES string of the molecule is CN(C)c1ccccc1Nc1ccc(N)c(C(N)=O)c1. The van der Waals surface area contributed by atoms with E-state index in [4.69, 9.17) is 11.5 Å². The van der Waals surface area contributed by atoms with E-state index in [1.807, 2.05) is 49.3 Å². The highest BCUT2D eigenvalue weighted by Crippen LogP contribution is 2.28. The lowest BCUT2D eigenvalue weighted by molar-refractivity contribution is 0.100. The number of nitrogens with zero attached hydrogens (tertiary/aromatic N) is 1. The average molecular weight is 270 g/mol. The Morgan fingerprint density at radius 2 is 1.85 bits per heavy atom. The molecule has 0 radical (unpaired) electrons. The molecule has 2 rings (SSSR count). The summed E-state index contributed by atoms with van der Waals surface area (Å²) < 4.78 is 0. The molecular formula is C15H18N4O. The molecule has 0 aliphatic heterocycles. The van der Waals surface area contributed by atoms with Crippen LogP contribution in [0.4, 0.5) is 22.7 Å². The van der Waals surface area contributed by atoms with Crippen molar-refractivity contribution in [3.05, 3.63) is 48.0 Å². The van der Waals surface area contributed by atoms with E-state index in [1.165, 1.54) is 0 Å². The topological polar surface area (TPSA) is 84.4 Å². The van der Waals surface area contributed by atoms with Crippen molar-refractivity contribution < 1.29 is 4.79 Å². The first kappa shape index (κ1) is 13.7. The van der Waals surface area contributed by atoms with Crippen LogP contribution in [0.1, 0.15) is 10.4 Å². The van der Waals surface area contributed by atoms with Gasteiger partial charge in [-0.15, -0.1) is 0 Å². The van der Waals surface area contributed by atoms with Crippen molar-refractivity contribution in [2.75, 3.05) is 30.0 Å². The van der Waals surface area contributed by atoms with E-state index >= 15 is 0 Å². The molecule has 0 saturated heterocycles. The van der Waals surface area contributed by atoms with Gasteiger partial charge in [0.15, 0.2) is 0 Å². The number of carbonyl (C=O) groups is 1. The molecule has 2 aromatic carbocycles. The molecule has 0 atom stereocenters. The quantitative estimate of drug-likeness (QED) is 0.743. The van der Waals surface area contributed by atoms with Gasteiger partial charge in [-0.1, -0.05) is 12.1 Å². The molecule has 104 valence electrons. The number of rotatable bonds is 4. The van der Waals surface area contributed by atoms with E-state index in [2.05, 4.69) is 5.32 Å². The summed E-state index contributed by atoms with van der Waals surface area (Å²) >= 11 is 0. The Kier molecular flexibility index (Phi) is 3.79. The molecule has 0 unspecified atom stereocenters. The van der Waals surface area contributed by atoms with Crippen LogP contribution in [-0.4, -0.2) is 20.0 Å². The number of hydrogen-bond donors (Lipinski definition) is 3. The summed E-state index contributed by atoms with van der Waals surface area (Å²) in [6, 6.07) is 13.0. The number of amides is 1. The highest BCUT2D eigenvalue weighted by Gasteiger charge is 2.08. The maximum atomic E-state index is 11.3. The molecule has 0 aromatic heterocycles. The highest BCUT2D eigenvalue weighted by molar-refractivity contribution is 5.99. The van der Waals surface area contributed by atoms with Gasteiger partial charge in [-0.3, -0.25) is 4.79 Å². The fourth-order valence-electron chi connectivity index (χ4n) is 1.97. The molecule has 0 fully saturated rings. The maximum absolute atomic E-state index is 11.3. The second kappa shape index (κ2) is 5.52. The van der Waals surface area contributed by atoms with Crippen LogP contribution in [0.5, 0.6) is 0 Å². The van der Waals surface area contributed by atoms with Crippen LogP contribution in [-0.2, 0) is 0 Å². The second-order valence-electron chi connectivity index (χ2n) is 4.70. The molecule has 0 aliphatic rings. The number of benzene rings is 2. The van der Waals surface area contributed by atoms with Gasteiger partial charge in [-0.05, 0) is 30.3 Å². The van der Waals surface area contributed by atoms with Gasteiger partial charge in [-0.2, -0.15) is 0 Å². The van der Waals surface area contributed by atoms with Gasteiger partial charge < -0.3 is 21.7 Å².